The van der Waals surface area contributed by atoms with Crippen LogP contribution in [0.5, 0.6) is 0 Å². The Labute approximate surface area is 153 Å². The van der Waals surface area contributed by atoms with E-state index in [1.54, 1.807) is 18.5 Å². The molecule has 2 aromatic rings. The largest absolute Gasteiger partial charge is 0.467 e. The number of likely N-dealkylation sites (tertiary alicyclic amines) is 1. The molecule has 0 saturated carbocycles. The van der Waals surface area contributed by atoms with E-state index in [0.717, 1.165) is 43.9 Å². The van der Waals surface area contributed by atoms with E-state index >= 15 is 0 Å². The van der Waals surface area contributed by atoms with Gasteiger partial charge in [0.25, 0.3) is 0 Å². The average molecular weight is 358 g/mol. The second-order valence-corrected chi connectivity index (χ2v) is 6.62. The number of furan rings is 1. The predicted molar refractivity (Wildman–Crippen MR) is 98.1 cm³/mol. The number of anilines is 1. The zero-order chi connectivity index (χ0) is 18.4. The molecule has 0 aliphatic carbocycles. The van der Waals surface area contributed by atoms with Crippen molar-refractivity contribution in [2.75, 3.05) is 25.9 Å². The Morgan fingerprint density at radius 3 is 3.08 bits per heavy atom. The van der Waals surface area contributed by atoms with E-state index in [2.05, 4.69) is 27.2 Å². The van der Waals surface area contributed by atoms with Crippen molar-refractivity contribution in [2.24, 2.45) is 0 Å². The minimum absolute atomic E-state index is 0.0381. The minimum atomic E-state index is -0.0381. The third-order valence-electron chi connectivity index (χ3n) is 4.72. The maximum Gasteiger partial charge on any atom is 0.317 e. The van der Waals surface area contributed by atoms with Crippen LogP contribution in [0.2, 0.25) is 0 Å². The molecule has 0 unspecified atom stereocenters. The molecule has 0 spiro atoms. The Balaban J connectivity index is 1.48. The number of urea groups is 1. The normalized spacial score (nSPS) is 17.9. The summed E-state index contributed by atoms with van der Waals surface area (Å²) in [6.07, 6.45) is 6.23. The highest BCUT2D eigenvalue weighted by Crippen LogP contribution is 2.17. The number of rotatable bonds is 5. The second kappa shape index (κ2) is 8.66. The molecule has 1 aliphatic rings. The van der Waals surface area contributed by atoms with Crippen molar-refractivity contribution < 1.29 is 9.21 Å². The molecule has 8 heteroatoms. The maximum absolute atomic E-state index is 12.4. The molecule has 26 heavy (non-hydrogen) atoms. The minimum Gasteiger partial charge on any atom is -0.467 e. The Kier molecular flexibility index (Phi) is 6.06. The maximum atomic E-state index is 12.4. The molecule has 3 rings (SSSR count). The van der Waals surface area contributed by atoms with E-state index in [4.69, 9.17) is 10.2 Å². The van der Waals surface area contributed by atoms with E-state index in [-0.39, 0.29) is 6.03 Å². The van der Waals surface area contributed by atoms with Crippen molar-refractivity contribution in [2.45, 2.75) is 38.4 Å². The first-order chi connectivity index (χ1) is 12.6. The molecule has 1 aliphatic heterocycles. The number of amides is 2. The van der Waals surface area contributed by atoms with Crippen molar-refractivity contribution >= 4 is 11.8 Å². The van der Waals surface area contributed by atoms with E-state index in [9.17, 15) is 4.79 Å². The van der Waals surface area contributed by atoms with Crippen molar-refractivity contribution in [1.29, 1.82) is 0 Å². The molecule has 1 atom stereocenters. The smallest absolute Gasteiger partial charge is 0.317 e. The van der Waals surface area contributed by atoms with Gasteiger partial charge in [0.15, 0.2) is 0 Å². The van der Waals surface area contributed by atoms with E-state index in [1.807, 2.05) is 17.0 Å². The highest BCUT2D eigenvalue weighted by molar-refractivity contribution is 5.74. The molecule has 8 nitrogen and oxygen atoms in total. The summed E-state index contributed by atoms with van der Waals surface area (Å²) in [6, 6.07) is 5.71. The van der Waals surface area contributed by atoms with Crippen LogP contribution in [0.15, 0.2) is 35.1 Å². The molecule has 0 bridgehead atoms. The third-order valence-corrected chi connectivity index (χ3v) is 4.72. The monoisotopic (exact) mass is 358 g/mol. The average Bonchev–Trinajstić information content (AvgIpc) is 3.02. The molecule has 0 aromatic carbocycles. The summed E-state index contributed by atoms with van der Waals surface area (Å²) >= 11 is 0. The van der Waals surface area contributed by atoms with Crippen LogP contribution in [0, 0.1) is 0 Å². The number of aromatic nitrogens is 2. The standard InChI is InChI=1S/C18H26N6O2/c1-23(13-17-20-8-6-16(19)22-17)14-4-2-9-24(10-7-14)18(25)21-12-15-5-3-11-26-15/h3,5-6,8,11,14H,2,4,7,9-10,12-13H2,1H3,(H,21,25)(H2,19,20,22)/t14-/m0/s1. The van der Waals surface area contributed by atoms with Gasteiger partial charge in [-0.1, -0.05) is 0 Å². The molecule has 2 aromatic heterocycles. The van der Waals surface area contributed by atoms with Gasteiger partial charge in [-0.15, -0.1) is 0 Å². The van der Waals surface area contributed by atoms with Gasteiger partial charge in [-0.25, -0.2) is 14.8 Å². The summed E-state index contributed by atoms with van der Waals surface area (Å²) in [5.41, 5.74) is 5.73. The van der Waals surface area contributed by atoms with Crippen LogP contribution >= 0.6 is 0 Å². The lowest BCUT2D eigenvalue weighted by Crippen LogP contribution is -2.40. The number of hydrogen-bond acceptors (Lipinski definition) is 6. The van der Waals surface area contributed by atoms with Crippen LogP contribution in [0.3, 0.4) is 0 Å². The Morgan fingerprint density at radius 1 is 1.42 bits per heavy atom. The molecule has 1 saturated heterocycles. The van der Waals surface area contributed by atoms with E-state index in [1.165, 1.54) is 0 Å². The number of nitrogens with one attached hydrogen (secondary N) is 1. The molecule has 140 valence electrons. The number of carbonyl (C=O) groups excluding carboxylic acids is 1. The molecule has 2 amide bonds. The Bertz CT molecular complexity index is 705. The van der Waals surface area contributed by atoms with Crippen molar-refractivity contribution in [3.63, 3.8) is 0 Å². The lowest BCUT2D eigenvalue weighted by Gasteiger charge is -2.26. The predicted octanol–water partition coefficient (Wildman–Crippen LogP) is 1.85. The van der Waals surface area contributed by atoms with E-state index in [0.29, 0.717) is 24.9 Å². The van der Waals surface area contributed by atoms with Crippen LogP contribution in [0.1, 0.15) is 30.8 Å². The van der Waals surface area contributed by atoms with Crippen LogP contribution in [0.25, 0.3) is 0 Å². The van der Waals surface area contributed by atoms with Gasteiger partial charge in [0.1, 0.15) is 17.4 Å². The summed E-state index contributed by atoms with van der Waals surface area (Å²) in [5, 5.41) is 2.92. The van der Waals surface area contributed by atoms with Gasteiger partial charge in [-0.2, -0.15) is 0 Å². The highest BCUT2D eigenvalue weighted by Gasteiger charge is 2.23. The van der Waals surface area contributed by atoms with Crippen LogP contribution in [-0.2, 0) is 13.1 Å². The molecule has 0 radical (unpaired) electrons. The van der Waals surface area contributed by atoms with Gasteiger partial charge in [0.05, 0.1) is 19.4 Å². The third kappa shape index (κ3) is 4.95. The van der Waals surface area contributed by atoms with Gasteiger partial charge in [-0.05, 0) is 44.5 Å². The first-order valence-electron chi connectivity index (χ1n) is 8.94. The first-order valence-corrected chi connectivity index (χ1v) is 8.94. The number of nitrogens with two attached hydrogens (primary N) is 1. The molecule has 3 heterocycles. The second-order valence-electron chi connectivity index (χ2n) is 6.62. The lowest BCUT2D eigenvalue weighted by molar-refractivity contribution is 0.190. The Morgan fingerprint density at radius 2 is 2.31 bits per heavy atom. The molecule has 3 N–H and O–H groups in total. The number of nitrogen functional groups attached to an aromatic ring is 1. The fourth-order valence-corrected chi connectivity index (χ4v) is 3.25. The summed E-state index contributed by atoms with van der Waals surface area (Å²) in [4.78, 5) is 25.0. The van der Waals surface area contributed by atoms with Crippen LogP contribution in [0.4, 0.5) is 10.6 Å². The van der Waals surface area contributed by atoms with Crippen molar-refractivity contribution in [1.82, 2.24) is 25.1 Å². The fraction of sp³-hybridized carbons (Fsp3) is 0.500. The topological polar surface area (TPSA) is 101 Å². The first kappa shape index (κ1) is 18.2. The van der Waals surface area contributed by atoms with Crippen LogP contribution in [-0.4, -0.2) is 52.0 Å². The van der Waals surface area contributed by atoms with Crippen molar-refractivity contribution in [3.05, 3.63) is 42.2 Å². The molecular weight excluding hydrogens is 332 g/mol. The number of carbonyl (C=O) groups is 1. The lowest BCUT2D eigenvalue weighted by atomic mass is 10.1. The van der Waals surface area contributed by atoms with Gasteiger partial charge in [-0.3, -0.25) is 4.90 Å². The summed E-state index contributed by atoms with van der Waals surface area (Å²) in [6.45, 7) is 2.57. The zero-order valence-corrected chi connectivity index (χ0v) is 15.1. The Hall–Kier alpha value is -2.61. The van der Waals surface area contributed by atoms with E-state index < -0.39 is 0 Å². The SMILES string of the molecule is CN(Cc1nccc(N)n1)[C@H]1CCCN(C(=O)NCc2ccco2)CC1. The van der Waals surface area contributed by atoms with Gasteiger partial charge in [0.2, 0.25) is 0 Å². The molecule has 1 fully saturated rings. The quantitative estimate of drug-likeness (QED) is 0.846. The van der Waals surface area contributed by atoms with Crippen molar-refractivity contribution in [3.8, 4) is 0 Å². The van der Waals surface area contributed by atoms with Gasteiger partial charge < -0.3 is 20.4 Å². The summed E-state index contributed by atoms with van der Waals surface area (Å²) in [5.74, 6) is 1.97. The summed E-state index contributed by atoms with van der Waals surface area (Å²) in [7, 11) is 2.07. The molecular formula is C18H26N6O2. The van der Waals surface area contributed by atoms with Gasteiger partial charge in [0, 0.05) is 25.3 Å². The fourth-order valence-electron chi connectivity index (χ4n) is 3.25. The zero-order valence-electron chi connectivity index (χ0n) is 15.1. The number of hydrogen-bond donors (Lipinski definition) is 2. The highest BCUT2D eigenvalue weighted by atomic mass is 16.3. The van der Waals surface area contributed by atoms with Crippen LogP contribution < -0.4 is 11.1 Å². The summed E-state index contributed by atoms with van der Waals surface area (Å²) < 4.78 is 5.25. The van der Waals surface area contributed by atoms with Gasteiger partial charge >= 0.3 is 6.03 Å². The number of nitrogens with zero attached hydrogens (tertiary/aromatic N) is 4.